The number of nitrogens with zero attached hydrogens (tertiary/aromatic N) is 2. The highest BCUT2D eigenvalue weighted by molar-refractivity contribution is 7.89. The SMILES string of the molecule is CN(Cc1ccccn1)S(=O)(=O)CC12CCC(CC1=O)C2(C)C. The van der Waals surface area contributed by atoms with Gasteiger partial charge in [-0.1, -0.05) is 19.9 Å². The van der Waals surface area contributed by atoms with E-state index in [2.05, 4.69) is 18.8 Å². The van der Waals surface area contributed by atoms with E-state index >= 15 is 0 Å². The van der Waals surface area contributed by atoms with Crippen LogP contribution in [0.1, 0.15) is 38.8 Å². The predicted octanol–water partition coefficient (Wildman–Crippen LogP) is 2.24. The van der Waals surface area contributed by atoms with Gasteiger partial charge < -0.3 is 0 Å². The fourth-order valence-corrected chi connectivity index (χ4v) is 6.20. The molecule has 126 valence electrons. The lowest BCUT2D eigenvalue weighted by Gasteiger charge is -2.37. The Labute approximate surface area is 138 Å². The third-order valence-electron chi connectivity index (χ3n) is 6.15. The fraction of sp³-hybridized carbons (Fsp3) is 0.647. The van der Waals surface area contributed by atoms with E-state index in [1.165, 1.54) is 4.31 Å². The van der Waals surface area contributed by atoms with Crippen LogP contribution in [0.3, 0.4) is 0 Å². The van der Waals surface area contributed by atoms with Gasteiger partial charge in [0.2, 0.25) is 10.0 Å². The maximum Gasteiger partial charge on any atom is 0.215 e. The number of hydrogen-bond donors (Lipinski definition) is 0. The first-order chi connectivity index (χ1) is 10.7. The molecule has 5 nitrogen and oxygen atoms in total. The molecule has 0 amide bonds. The molecular formula is C17H24N2O3S. The van der Waals surface area contributed by atoms with Gasteiger partial charge in [-0.15, -0.1) is 0 Å². The van der Waals surface area contributed by atoms with Gasteiger partial charge in [-0.05, 0) is 36.3 Å². The number of ketones is 1. The van der Waals surface area contributed by atoms with Gasteiger partial charge in [-0.3, -0.25) is 9.78 Å². The van der Waals surface area contributed by atoms with Crippen LogP contribution in [-0.2, 0) is 21.4 Å². The van der Waals surface area contributed by atoms with E-state index in [0.29, 0.717) is 24.5 Å². The van der Waals surface area contributed by atoms with E-state index in [4.69, 9.17) is 0 Å². The van der Waals surface area contributed by atoms with Gasteiger partial charge in [0.25, 0.3) is 0 Å². The van der Waals surface area contributed by atoms with Gasteiger partial charge in [0, 0.05) is 25.1 Å². The van der Waals surface area contributed by atoms with Crippen LogP contribution < -0.4 is 0 Å². The van der Waals surface area contributed by atoms with Crippen molar-refractivity contribution in [2.24, 2.45) is 16.7 Å². The van der Waals surface area contributed by atoms with Crippen molar-refractivity contribution in [1.82, 2.24) is 9.29 Å². The van der Waals surface area contributed by atoms with Crippen molar-refractivity contribution in [3.05, 3.63) is 30.1 Å². The van der Waals surface area contributed by atoms with Crippen LogP contribution in [0.4, 0.5) is 0 Å². The molecule has 3 rings (SSSR count). The van der Waals surface area contributed by atoms with E-state index in [9.17, 15) is 13.2 Å². The maximum absolute atomic E-state index is 12.9. The van der Waals surface area contributed by atoms with E-state index in [1.54, 1.807) is 25.4 Å². The Bertz CT molecular complexity index is 715. The number of aromatic nitrogens is 1. The van der Waals surface area contributed by atoms with Gasteiger partial charge in [0.1, 0.15) is 5.78 Å². The zero-order valence-corrected chi connectivity index (χ0v) is 14.8. The molecule has 2 atom stereocenters. The van der Waals surface area contributed by atoms with Crippen LogP contribution >= 0.6 is 0 Å². The summed E-state index contributed by atoms with van der Waals surface area (Å²) in [6.07, 6.45) is 3.84. The number of carbonyl (C=O) groups is 1. The average Bonchev–Trinajstić information content (AvgIpc) is 2.82. The quantitative estimate of drug-likeness (QED) is 0.827. The summed E-state index contributed by atoms with van der Waals surface area (Å²) in [5.74, 6) is 0.380. The van der Waals surface area contributed by atoms with Gasteiger partial charge in [-0.25, -0.2) is 8.42 Å². The summed E-state index contributed by atoms with van der Waals surface area (Å²) in [5, 5.41) is 0. The Hall–Kier alpha value is -1.27. The van der Waals surface area contributed by atoms with Gasteiger partial charge in [0.15, 0.2) is 0 Å². The average molecular weight is 336 g/mol. The Morgan fingerprint density at radius 3 is 2.61 bits per heavy atom. The monoisotopic (exact) mass is 336 g/mol. The van der Waals surface area contributed by atoms with Crippen molar-refractivity contribution < 1.29 is 13.2 Å². The molecular weight excluding hydrogens is 312 g/mol. The Morgan fingerprint density at radius 2 is 2.09 bits per heavy atom. The highest BCUT2D eigenvalue weighted by Gasteiger charge is 2.65. The third kappa shape index (κ3) is 2.52. The molecule has 23 heavy (non-hydrogen) atoms. The molecule has 0 spiro atoms. The minimum Gasteiger partial charge on any atom is -0.299 e. The largest absolute Gasteiger partial charge is 0.299 e. The van der Waals surface area contributed by atoms with E-state index in [-0.39, 0.29) is 23.5 Å². The van der Waals surface area contributed by atoms with Gasteiger partial charge >= 0.3 is 0 Å². The summed E-state index contributed by atoms with van der Waals surface area (Å²) < 4.78 is 27.0. The van der Waals surface area contributed by atoms with Crippen LogP contribution in [0, 0.1) is 16.7 Å². The zero-order valence-electron chi connectivity index (χ0n) is 13.9. The Balaban J connectivity index is 1.82. The number of fused-ring (bicyclic) bond motifs is 2. The lowest BCUT2D eigenvalue weighted by Crippen LogP contribution is -2.45. The van der Waals surface area contributed by atoms with Crippen molar-refractivity contribution in [2.45, 2.75) is 39.7 Å². The van der Waals surface area contributed by atoms with E-state index < -0.39 is 15.4 Å². The summed E-state index contributed by atoms with van der Waals surface area (Å²) in [6, 6.07) is 5.45. The molecule has 2 fully saturated rings. The summed E-state index contributed by atoms with van der Waals surface area (Å²) in [5.41, 5.74) is -0.241. The van der Waals surface area contributed by atoms with Crippen molar-refractivity contribution in [2.75, 3.05) is 12.8 Å². The fourth-order valence-electron chi connectivity index (χ4n) is 4.35. The molecule has 1 aromatic rings. The van der Waals surface area contributed by atoms with Crippen LogP contribution in [0.2, 0.25) is 0 Å². The summed E-state index contributed by atoms with van der Waals surface area (Å²) in [4.78, 5) is 16.7. The molecule has 6 heteroatoms. The maximum atomic E-state index is 12.9. The second-order valence-corrected chi connectivity index (χ2v) is 9.58. The van der Waals surface area contributed by atoms with Crippen LogP contribution in [0.15, 0.2) is 24.4 Å². The molecule has 2 aliphatic carbocycles. The molecule has 2 unspecified atom stereocenters. The number of pyridine rings is 1. The smallest absolute Gasteiger partial charge is 0.215 e. The number of hydrogen-bond acceptors (Lipinski definition) is 4. The van der Waals surface area contributed by atoms with Gasteiger partial charge in [0.05, 0.1) is 18.0 Å². The van der Waals surface area contributed by atoms with Crippen molar-refractivity contribution in [3.63, 3.8) is 0 Å². The van der Waals surface area contributed by atoms with Crippen LogP contribution in [-0.4, -0.2) is 36.3 Å². The summed E-state index contributed by atoms with van der Waals surface area (Å²) >= 11 is 0. The first kappa shape index (κ1) is 16.6. The van der Waals surface area contributed by atoms with Crippen LogP contribution in [0.5, 0.6) is 0 Å². The van der Waals surface area contributed by atoms with Crippen molar-refractivity contribution in [1.29, 1.82) is 0 Å². The third-order valence-corrected chi connectivity index (χ3v) is 8.09. The standard InChI is InChI=1S/C17H24N2O3S/c1-16(2)13-7-8-17(16,15(20)10-13)12-23(21,22)19(3)11-14-6-4-5-9-18-14/h4-6,9,13H,7-8,10-12H2,1-3H3. The lowest BCUT2D eigenvalue weighted by atomic mass is 9.70. The number of sulfonamides is 1. The Morgan fingerprint density at radius 1 is 1.35 bits per heavy atom. The van der Waals surface area contributed by atoms with Gasteiger partial charge in [-0.2, -0.15) is 4.31 Å². The molecule has 2 bridgehead atoms. The Kier molecular flexibility index (Phi) is 3.88. The predicted molar refractivity (Wildman–Crippen MR) is 88.1 cm³/mol. The normalized spacial score (nSPS) is 29.4. The molecule has 2 saturated carbocycles. The first-order valence-electron chi connectivity index (χ1n) is 8.06. The van der Waals surface area contributed by atoms with E-state index in [1.807, 2.05) is 6.07 Å². The van der Waals surface area contributed by atoms with E-state index in [0.717, 1.165) is 6.42 Å². The molecule has 0 radical (unpaired) electrons. The molecule has 0 saturated heterocycles. The second kappa shape index (κ2) is 5.38. The lowest BCUT2D eigenvalue weighted by molar-refractivity contribution is -0.128. The minimum atomic E-state index is -3.52. The zero-order chi connectivity index (χ0) is 16.9. The second-order valence-electron chi connectivity index (χ2n) is 7.50. The van der Waals surface area contributed by atoms with Crippen LogP contribution in [0.25, 0.3) is 0 Å². The molecule has 1 aromatic heterocycles. The topological polar surface area (TPSA) is 67.3 Å². The highest BCUT2D eigenvalue weighted by atomic mass is 32.2. The summed E-state index contributed by atoms with van der Waals surface area (Å²) in [7, 11) is -1.95. The molecule has 0 N–H and O–H groups in total. The van der Waals surface area contributed by atoms with Crippen molar-refractivity contribution in [3.8, 4) is 0 Å². The number of Topliss-reactive ketones (excluding diaryl/α,β-unsaturated/α-hetero) is 1. The number of carbonyl (C=O) groups excluding carboxylic acids is 1. The highest BCUT2D eigenvalue weighted by Crippen LogP contribution is 2.64. The molecule has 0 aliphatic heterocycles. The number of rotatable bonds is 5. The minimum absolute atomic E-state index is 0.0777. The summed E-state index contributed by atoms with van der Waals surface area (Å²) in [6.45, 7) is 4.35. The molecule has 2 aliphatic rings. The molecule has 1 heterocycles. The first-order valence-corrected chi connectivity index (χ1v) is 9.67. The molecule has 0 aromatic carbocycles. The van der Waals surface area contributed by atoms with Crippen molar-refractivity contribution >= 4 is 15.8 Å².